The van der Waals surface area contributed by atoms with Gasteiger partial charge in [-0.2, -0.15) is 0 Å². The second kappa shape index (κ2) is 6.30. The first-order valence-electron chi connectivity index (χ1n) is 8.54. The van der Waals surface area contributed by atoms with Crippen LogP contribution in [0.3, 0.4) is 0 Å². The molecule has 0 aliphatic heterocycles. The molecular weight excluding hydrogens is 242 g/mol. The zero-order valence-corrected chi connectivity index (χ0v) is 13.0. The van der Waals surface area contributed by atoms with E-state index in [1.807, 2.05) is 0 Å². The van der Waals surface area contributed by atoms with Gasteiger partial charge in [0.05, 0.1) is 0 Å². The van der Waals surface area contributed by atoms with Crippen LogP contribution in [-0.4, -0.2) is 12.6 Å². The van der Waals surface area contributed by atoms with Crippen molar-refractivity contribution in [1.29, 1.82) is 0 Å². The van der Waals surface area contributed by atoms with Crippen molar-refractivity contribution in [2.45, 2.75) is 57.9 Å². The van der Waals surface area contributed by atoms with Crippen LogP contribution >= 0.6 is 0 Å². The van der Waals surface area contributed by atoms with Crippen molar-refractivity contribution in [2.24, 2.45) is 17.8 Å². The van der Waals surface area contributed by atoms with Gasteiger partial charge in [-0.1, -0.05) is 69.9 Å². The van der Waals surface area contributed by atoms with Crippen LogP contribution in [0.5, 0.6) is 0 Å². The van der Waals surface area contributed by atoms with E-state index < -0.39 is 0 Å². The first kappa shape index (κ1) is 14.1. The van der Waals surface area contributed by atoms with Gasteiger partial charge in [0, 0.05) is 6.04 Å². The predicted octanol–water partition coefficient (Wildman–Crippen LogP) is 4.59. The maximum Gasteiger partial charge on any atom is 0.00104 e. The van der Waals surface area contributed by atoms with Crippen LogP contribution < -0.4 is 5.32 Å². The van der Waals surface area contributed by atoms with Crippen LogP contribution in [-0.2, 0) is 0 Å². The van der Waals surface area contributed by atoms with Gasteiger partial charge in [0.25, 0.3) is 0 Å². The van der Waals surface area contributed by atoms with Crippen LogP contribution in [0.15, 0.2) is 30.3 Å². The molecule has 2 fully saturated rings. The van der Waals surface area contributed by atoms with Gasteiger partial charge >= 0.3 is 0 Å². The highest BCUT2D eigenvalue weighted by molar-refractivity contribution is 5.26. The lowest BCUT2D eigenvalue weighted by atomic mass is 9.85. The highest BCUT2D eigenvalue weighted by Crippen LogP contribution is 2.55. The molecule has 3 atom stereocenters. The Kier molecular flexibility index (Phi) is 4.45. The molecule has 2 aliphatic rings. The van der Waals surface area contributed by atoms with Gasteiger partial charge in [-0.15, -0.1) is 0 Å². The van der Waals surface area contributed by atoms with Crippen LogP contribution in [0, 0.1) is 17.8 Å². The molecule has 1 heteroatoms. The van der Waals surface area contributed by atoms with Gasteiger partial charge in [-0.05, 0) is 42.2 Å². The van der Waals surface area contributed by atoms with Crippen molar-refractivity contribution < 1.29 is 0 Å². The molecule has 20 heavy (non-hydrogen) atoms. The largest absolute Gasteiger partial charge is 0.314 e. The second-order valence-corrected chi connectivity index (χ2v) is 7.19. The van der Waals surface area contributed by atoms with Gasteiger partial charge in [-0.25, -0.2) is 0 Å². The number of hydrogen-bond donors (Lipinski definition) is 1. The Balaban J connectivity index is 1.64. The first-order valence-corrected chi connectivity index (χ1v) is 8.54. The summed E-state index contributed by atoms with van der Waals surface area (Å²) in [5.41, 5.74) is 1.57. The third-order valence-corrected chi connectivity index (χ3v) is 5.38. The van der Waals surface area contributed by atoms with Crippen molar-refractivity contribution in [1.82, 2.24) is 5.32 Å². The second-order valence-electron chi connectivity index (χ2n) is 7.19. The van der Waals surface area contributed by atoms with E-state index in [0.29, 0.717) is 6.04 Å². The van der Waals surface area contributed by atoms with Crippen molar-refractivity contribution in [2.75, 3.05) is 6.54 Å². The molecule has 2 aliphatic carbocycles. The van der Waals surface area contributed by atoms with Crippen molar-refractivity contribution in [3.63, 3.8) is 0 Å². The van der Waals surface area contributed by atoms with E-state index >= 15 is 0 Å². The standard InChI is InChI=1S/C19H29N/c1-14(2)20-13-19(16-10-6-7-11-16)18-12-17(18)15-8-4-3-5-9-15/h3-5,8-9,14,16-20H,6-7,10-13H2,1-2H3. The molecule has 0 radical (unpaired) electrons. The average molecular weight is 271 g/mol. The normalized spacial score (nSPS) is 27.9. The SMILES string of the molecule is CC(C)NCC(C1CCCC1)C1CC1c1ccccc1. The molecule has 0 amide bonds. The topological polar surface area (TPSA) is 12.0 Å². The maximum atomic E-state index is 3.72. The van der Waals surface area contributed by atoms with Crippen LogP contribution in [0.1, 0.15) is 57.4 Å². The maximum absolute atomic E-state index is 3.72. The van der Waals surface area contributed by atoms with Crippen molar-refractivity contribution in [3.8, 4) is 0 Å². The molecule has 0 aromatic heterocycles. The molecule has 1 N–H and O–H groups in total. The lowest BCUT2D eigenvalue weighted by molar-refractivity contribution is 0.277. The van der Waals surface area contributed by atoms with E-state index in [1.54, 1.807) is 5.56 Å². The number of rotatable bonds is 6. The molecule has 3 unspecified atom stereocenters. The number of benzene rings is 1. The van der Waals surface area contributed by atoms with E-state index in [9.17, 15) is 0 Å². The quantitative estimate of drug-likeness (QED) is 0.797. The minimum absolute atomic E-state index is 0.618. The summed E-state index contributed by atoms with van der Waals surface area (Å²) in [6.07, 6.45) is 7.30. The third kappa shape index (κ3) is 3.25. The molecule has 3 rings (SSSR count). The summed E-state index contributed by atoms with van der Waals surface area (Å²) in [5.74, 6) is 3.67. The number of nitrogens with one attached hydrogen (secondary N) is 1. The minimum atomic E-state index is 0.618. The summed E-state index contributed by atoms with van der Waals surface area (Å²) in [5, 5.41) is 3.72. The van der Waals surface area contributed by atoms with Gasteiger partial charge in [0.1, 0.15) is 0 Å². The smallest absolute Gasteiger partial charge is 0.00104 e. The van der Waals surface area contributed by atoms with Gasteiger partial charge in [-0.3, -0.25) is 0 Å². The third-order valence-electron chi connectivity index (χ3n) is 5.38. The lowest BCUT2D eigenvalue weighted by Gasteiger charge is -2.25. The molecule has 0 saturated heterocycles. The zero-order chi connectivity index (χ0) is 13.9. The van der Waals surface area contributed by atoms with Gasteiger partial charge < -0.3 is 5.32 Å². The average Bonchev–Trinajstić information content (AvgIpc) is 3.05. The van der Waals surface area contributed by atoms with Crippen LogP contribution in [0.2, 0.25) is 0 Å². The summed E-state index contributed by atoms with van der Waals surface area (Å²) >= 11 is 0. The van der Waals surface area contributed by atoms with Gasteiger partial charge in [0.15, 0.2) is 0 Å². The fraction of sp³-hybridized carbons (Fsp3) is 0.684. The Bertz CT molecular complexity index is 405. The van der Waals surface area contributed by atoms with E-state index in [2.05, 4.69) is 49.5 Å². The Labute approximate surface area is 124 Å². The fourth-order valence-electron chi connectivity index (χ4n) is 4.20. The van der Waals surface area contributed by atoms with E-state index in [1.165, 1.54) is 38.6 Å². The molecule has 2 saturated carbocycles. The minimum Gasteiger partial charge on any atom is -0.314 e. The summed E-state index contributed by atoms with van der Waals surface area (Å²) < 4.78 is 0. The molecule has 1 nitrogen and oxygen atoms in total. The van der Waals surface area contributed by atoms with E-state index in [0.717, 1.165) is 23.7 Å². The van der Waals surface area contributed by atoms with E-state index in [4.69, 9.17) is 0 Å². The summed E-state index contributed by atoms with van der Waals surface area (Å²) in [4.78, 5) is 0. The highest BCUT2D eigenvalue weighted by atomic mass is 14.9. The monoisotopic (exact) mass is 271 g/mol. The molecule has 0 spiro atoms. The molecule has 0 bridgehead atoms. The Hall–Kier alpha value is -0.820. The Morgan fingerprint density at radius 3 is 2.45 bits per heavy atom. The Morgan fingerprint density at radius 2 is 1.80 bits per heavy atom. The summed E-state index contributed by atoms with van der Waals surface area (Å²) in [6.45, 7) is 5.77. The number of hydrogen-bond acceptors (Lipinski definition) is 1. The molecule has 1 aromatic rings. The summed E-state index contributed by atoms with van der Waals surface area (Å²) in [7, 11) is 0. The van der Waals surface area contributed by atoms with Crippen LogP contribution in [0.25, 0.3) is 0 Å². The predicted molar refractivity (Wildman–Crippen MR) is 85.9 cm³/mol. The zero-order valence-electron chi connectivity index (χ0n) is 13.0. The van der Waals surface area contributed by atoms with Crippen molar-refractivity contribution >= 4 is 0 Å². The molecule has 1 aromatic carbocycles. The van der Waals surface area contributed by atoms with Crippen molar-refractivity contribution in [3.05, 3.63) is 35.9 Å². The Morgan fingerprint density at radius 1 is 1.10 bits per heavy atom. The van der Waals surface area contributed by atoms with Crippen LogP contribution in [0.4, 0.5) is 0 Å². The fourth-order valence-corrected chi connectivity index (χ4v) is 4.20. The first-order chi connectivity index (χ1) is 9.75. The lowest BCUT2D eigenvalue weighted by Crippen LogP contribution is -2.33. The molecule has 0 heterocycles. The summed E-state index contributed by atoms with van der Waals surface area (Å²) in [6, 6.07) is 11.8. The van der Waals surface area contributed by atoms with E-state index in [-0.39, 0.29) is 0 Å². The molecular formula is C19H29N. The molecule has 110 valence electrons. The van der Waals surface area contributed by atoms with Gasteiger partial charge in [0.2, 0.25) is 0 Å². The highest BCUT2D eigenvalue weighted by Gasteiger charge is 2.46.